The fraction of sp³-hybridized carbons (Fsp3) is 0.500. The van der Waals surface area contributed by atoms with Crippen molar-refractivity contribution >= 4 is 24.2 Å². The van der Waals surface area contributed by atoms with Crippen LogP contribution in [0, 0.1) is 10.1 Å². The lowest BCUT2D eigenvalue weighted by molar-refractivity contribution is -0.385. The van der Waals surface area contributed by atoms with E-state index in [0.29, 0.717) is 37.2 Å². The highest BCUT2D eigenvalue weighted by atomic mass is 32.1. The summed E-state index contributed by atoms with van der Waals surface area (Å²) < 4.78 is 10.7. The molecule has 0 heterocycles. The monoisotopic (exact) mass is 343 g/mol. The molecule has 8 nitrogen and oxygen atoms in total. The number of carbonyl (C=O) groups excluding carboxylic acids is 1. The third-order valence-electron chi connectivity index (χ3n) is 3.00. The van der Waals surface area contributed by atoms with E-state index in [2.05, 4.69) is 17.9 Å². The molecule has 0 aliphatic carbocycles. The average Bonchev–Trinajstić information content (AvgIpc) is 2.55. The van der Waals surface area contributed by atoms with Gasteiger partial charge >= 0.3 is 0 Å². The highest BCUT2D eigenvalue weighted by molar-refractivity contribution is 7.79. The molecule has 1 aromatic carbocycles. The van der Waals surface area contributed by atoms with Gasteiger partial charge in [0.2, 0.25) is 5.91 Å². The van der Waals surface area contributed by atoms with Crippen LogP contribution in [0.1, 0.15) is 18.4 Å². The van der Waals surface area contributed by atoms with Gasteiger partial charge in [-0.15, -0.1) is 0 Å². The van der Waals surface area contributed by atoms with E-state index in [4.69, 9.17) is 15.2 Å². The van der Waals surface area contributed by atoms with Crippen LogP contribution in [0.4, 0.5) is 5.69 Å². The van der Waals surface area contributed by atoms with Gasteiger partial charge in [-0.2, -0.15) is 12.6 Å². The molecule has 0 saturated heterocycles. The van der Waals surface area contributed by atoms with E-state index in [0.717, 1.165) is 0 Å². The molecule has 0 fully saturated rings. The zero-order chi connectivity index (χ0) is 17.2. The van der Waals surface area contributed by atoms with Crippen LogP contribution in [0.3, 0.4) is 0 Å². The number of methoxy groups -OCH3 is 1. The fourth-order valence-corrected chi connectivity index (χ4v) is 2.13. The lowest BCUT2D eigenvalue weighted by atomic mass is 10.2. The van der Waals surface area contributed by atoms with Crippen LogP contribution in [-0.4, -0.2) is 37.6 Å². The third kappa shape index (κ3) is 5.95. The number of ether oxygens (including phenoxy) is 2. The van der Waals surface area contributed by atoms with Gasteiger partial charge in [-0.25, -0.2) is 0 Å². The number of nitro groups is 1. The van der Waals surface area contributed by atoms with Crippen molar-refractivity contribution in [2.75, 3.05) is 26.8 Å². The summed E-state index contributed by atoms with van der Waals surface area (Å²) in [5.74, 6) is 0.774. The first-order valence-corrected chi connectivity index (χ1v) is 7.72. The molecule has 0 aliphatic rings. The van der Waals surface area contributed by atoms with Gasteiger partial charge in [0.05, 0.1) is 24.7 Å². The number of benzene rings is 1. The number of hydrogen-bond acceptors (Lipinski definition) is 7. The van der Waals surface area contributed by atoms with E-state index < -0.39 is 4.92 Å². The molecule has 3 N–H and O–H groups in total. The summed E-state index contributed by atoms with van der Waals surface area (Å²) in [6.07, 6.45) is 0.765. The summed E-state index contributed by atoms with van der Waals surface area (Å²) in [6, 6.07) is 2.85. The van der Waals surface area contributed by atoms with Crippen LogP contribution in [0.25, 0.3) is 0 Å². The molecule has 0 aromatic heterocycles. The van der Waals surface area contributed by atoms with Gasteiger partial charge in [0.25, 0.3) is 5.69 Å². The van der Waals surface area contributed by atoms with E-state index in [1.54, 1.807) is 0 Å². The Kier molecular flexibility index (Phi) is 8.20. The molecule has 0 atom stereocenters. The molecular formula is C14H21N3O5S. The van der Waals surface area contributed by atoms with Crippen LogP contribution >= 0.6 is 12.6 Å². The van der Waals surface area contributed by atoms with Crippen molar-refractivity contribution in [1.82, 2.24) is 5.32 Å². The van der Waals surface area contributed by atoms with Crippen molar-refractivity contribution < 1.29 is 19.2 Å². The van der Waals surface area contributed by atoms with E-state index in [9.17, 15) is 14.9 Å². The highest BCUT2D eigenvalue weighted by Crippen LogP contribution is 2.35. The minimum Gasteiger partial charge on any atom is -0.493 e. The molecule has 1 amide bonds. The largest absolute Gasteiger partial charge is 0.493 e. The molecule has 128 valence electrons. The Labute approximate surface area is 139 Å². The smallest absolute Gasteiger partial charge is 0.277 e. The van der Waals surface area contributed by atoms with Crippen LogP contribution in [-0.2, 0) is 10.5 Å². The molecule has 0 bridgehead atoms. The Morgan fingerprint density at radius 2 is 2.17 bits per heavy atom. The maximum Gasteiger partial charge on any atom is 0.277 e. The molecule has 1 rings (SSSR count). The average molecular weight is 343 g/mol. The minimum absolute atomic E-state index is 0.0727. The Hall–Kier alpha value is -2.00. The second-order valence-electron chi connectivity index (χ2n) is 4.64. The zero-order valence-corrected chi connectivity index (χ0v) is 13.8. The van der Waals surface area contributed by atoms with Crippen molar-refractivity contribution in [2.24, 2.45) is 5.73 Å². The normalized spacial score (nSPS) is 10.2. The number of nitro benzene ring substituents is 1. The highest BCUT2D eigenvalue weighted by Gasteiger charge is 2.18. The third-order valence-corrected chi connectivity index (χ3v) is 3.34. The standard InChI is InChI=1S/C14H21N3O5S/c1-21-12-7-10(9-23)11(17(19)20)8-13(12)22-6-2-3-14(18)16-5-4-15/h7-8,23H,2-6,9,15H2,1H3,(H,16,18). The van der Waals surface area contributed by atoms with Crippen molar-refractivity contribution in [3.8, 4) is 11.5 Å². The Balaban J connectivity index is 2.67. The van der Waals surface area contributed by atoms with Crippen molar-refractivity contribution in [1.29, 1.82) is 0 Å². The topological polar surface area (TPSA) is 117 Å². The fourth-order valence-electron chi connectivity index (χ4n) is 1.88. The van der Waals surface area contributed by atoms with Gasteiger partial charge in [0, 0.05) is 30.8 Å². The number of rotatable bonds is 10. The Morgan fingerprint density at radius 1 is 1.43 bits per heavy atom. The van der Waals surface area contributed by atoms with Crippen molar-refractivity contribution in [3.63, 3.8) is 0 Å². The summed E-state index contributed by atoms with van der Waals surface area (Å²) in [5, 5.41) is 13.7. The summed E-state index contributed by atoms with van der Waals surface area (Å²) in [6.45, 7) is 1.06. The first-order chi connectivity index (χ1) is 11.0. The first kappa shape index (κ1) is 19.0. The lowest BCUT2D eigenvalue weighted by Gasteiger charge is -2.12. The predicted octanol–water partition coefficient (Wildman–Crippen LogP) is 1.27. The number of amides is 1. The van der Waals surface area contributed by atoms with Crippen molar-refractivity contribution in [2.45, 2.75) is 18.6 Å². The van der Waals surface area contributed by atoms with Gasteiger partial charge in [0.1, 0.15) is 0 Å². The Morgan fingerprint density at radius 3 is 2.74 bits per heavy atom. The maximum atomic E-state index is 11.4. The van der Waals surface area contributed by atoms with E-state index in [-0.39, 0.29) is 29.7 Å². The molecule has 0 aliphatic heterocycles. The van der Waals surface area contributed by atoms with E-state index >= 15 is 0 Å². The maximum absolute atomic E-state index is 11.4. The quantitative estimate of drug-likeness (QED) is 0.255. The second-order valence-corrected chi connectivity index (χ2v) is 4.95. The Bertz CT molecular complexity index is 553. The van der Waals surface area contributed by atoms with Gasteiger partial charge in [-0.1, -0.05) is 0 Å². The molecule has 9 heteroatoms. The van der Waals surface area contributed by atoms with Gasteiger partial charge in [0.15, 0.2) is 11.5 Å². The number of nitrogens with one attached hydrogen (secondary N) is 1. The van der Waals surface area contributed by atoms with Crippen molar-refractivity contribution in [3.05, 3.63) is 27.8 Å². The van der Waals surface area contributed by atoms with Gasteiger partial charge < -0.3 is 20.5 Å². The first-order valence-electron chi connectivity index (χ1n) is 7.09. The van der Waals surface area contributed by atoms with Crippen LogP contribution < -0.4 is 20.5 Å². The molecule has 23 heavy (non-hydrogen) atoms. The van der Waals surface area contributed by atoms with Crippen LogP contribution in [0.2, 0.25) is 0 Å². The molecule has 0 unspecified atom stereocenters. The summed E-state index contributed by atoms with van der Waals surface area (Å²) in [4.78, 5) is 22.0. The molecule has 0 saturated carbocycles. The number of nitrogens with two attached hydrogens (primary N) is 1. The number of nitrogens with zero attached hydrogens (tertiary/aromatic N) is 1. The summed E-state index contributed by atoms with van der Waals surface area (Å²) in [7, 11) is 1.45. The number of thiol groups is 1. The molecular weight excluding hydrogens is 322 g/mol. The summed E-state index contributed by atoms with van der Waals surface area (Å²) >= 11 is 4.08. The molecule has 0 radical (unpaired) electrons. The van der Waals surface area contributed by atoms with Gasteiger partial charge in [-0.05, 0) is 12.5 Å². The number of hydrogen-bond donors (Lipinski definition) is 3. The summed E-state index contributed by atoms with van der Waals surface area (Å²) in [5.41, 5.74) is 5.66. The van der Waals surface area contributed by atoms with E-state index in [1.807, 2.05) is 0 Å². The second kappa shape index (κ2) is 9.90. The number of carbonyl (C=O) groups is 1. The molecule has 0 spiro atoms. The van der Waals surface area contributed by atoms with E-state index in [1.165, 1.54) is 19.2 Å². The van der Waals surface area contributed by atoms with Gasteiger partial charge in [-0.3, -0.25) is 14.9 Å². The lowest BCUT2D eigenvalue weighted by Crippen LogP contribution is -2.29. The van der Waals surface area contributed by atoms with Crippen LogP contribution in [0.15, 0.2) is 12.1 Å². The molecule has 1 aromatic rings. The van der Waals surface area contributed by atoms with Crippen LogP contribution in [0.5, 0.6) is 11.5 Å². The SMILES string of the molecule is COc1cc(CS)c([N+](=O)[O-])cc1OCCCC(=O)NCCN. The zero-order valence-electron chi connectivity index (χ0n) is 12.9. The minimum atomic E-state index is -0.488. The predicted molar refractivity (Wildman–Crippen MR) is 89.1 cm³/mol.